The fourth-order valence-corrected chi connectivity index (χ4v) is 3.43. The van der Waals surface area contributed by atoms with E-state index in [1.807, 2.05) is 13.8 Å². The van der Waals surface area contributed by atoms with Crippen molar-refractivity contribution in [1.29, 1.82) is 0 Å². The van der Waals surface area contributed by atoms with Crippen LogP contribution in [0.3, 0.4) is 0 Å². The normalized spacial score (nSPS) is 28.5. The molecule has 2 N–H and O–H groups in total. The summed E-state index contributed by atoms with van der Waals surface area (Å²) < 4.78 is 0. The van der Waals surface area contributed by atoms with Crippen LogP contribution < -0.4 is 5.32 Å². The third kappa shape index (κ3) is 2.47. The zero-order valence-electron chi connectivity index (χ0n) is 12.2. The molecule has 0 saturated heterocycles. The number of amides is 1. The maximum Gasteiger partial charge on any atom is 0.222 e. The van der Waals surface area contributed by atoms with Crippen molar-refractivity contribution in [2.24, 2.45) is 11.8 Å². The molecule has 0 radical (unpaired) electrons. The predicted molar refractivity (Wildman–Crippen MR) is 78.4 cm³/mol. The van der Waals surface area contributed by atoms with Crippen molar-refractivity contribution >= 4 is 5.91 Å². The standard InChI is InChI=1S/C17H23NO2/c1-10(2)14(19)9-15(20)18-17-13-8-7-11-5-3-4-6-12(11)16(13)17/h3-6,10,13-14,16-17,19H,7-9H2,1-2H3,(H,18,20). The zero-order valence-corrected chi connectivity index (χ0v) is 12.2. The summed E-state index contributed by atoms with van der Waals surface area (Å²) in [7, 11) is 0. The zero-order chi connectivity index (χ0) is 14.3. The summed E-state index contributed by atoms with van der Waals surface area (Å²) in [4.78, 5) is 12.0. The van der Waals surface area contributed by atoms with Gasteiger partial charge in [-0.1, -0.05) is 38.1 Å². The number of carbonyl (C=O) groups is 1. The van der Waals surface area contributed by atoms with Crippen LogP contribution >= 0.6 is 0 Å². The molecule has 1 amide bonds. The monoisotopic (exact) mass is 273 g/mol. The molecule has 3 heteroatoms. The van der Waals surface area contributed by atoms with Crippen LogP contribution in [0, 0.1) is 11.8 Å². The second-order valence-corrected chi connectivity index (χ2v) is 6.54. The minimum Gasteiger partial charge on any atom is -0.392 e. The third-order valence-corrected chi connectivity index (χ3v) is 4.82. The predicted octanol–water partition coefficient (Wildman–Crippen LogP) is 2.24. The highest BCUT2D eigenvalue weighted by atomic mass is 16.3. The molecule has 0 aliphatic heterocycles. The van der Waals surface area contributed by atoms with E-state index in [2.05, 4.69) is 29.6 Å². The number of rotatable bonds is 4. The Morgan fingerprint density at radius 3 is 2.90 bits per heavy atom. The number of aliphatic hydroxyl groups is 1. The molecule has 0 heterocycles. The van der Waals surface area contributed by atoms with E-state index >= 15 is 0 Å². The largest absolute Gasteiger partial charge is 0.392 e. The van der Waals surface area contributed by atoms with Gasteiger partial charge >= 0.3 is 0 Å². The van der Waals surface area contributed by atoms with Crippen molar-refractivity contribution in [2.75, 3.05) is 0 Å². The van der Waals surface area contributed by atoms with Crippen LogP contribution in [0.5, 0.6) is 0 Å². The first-order valence-electron chi connectivity index (χ1n) is 7.63. The molecule has 20 heavy (non-hydrogen) atoms. The first-order chi connectivity index (χ1) is 9.58. The Labute approximate surface area is 120 Å². The van der Waals surface area contributed by atoms with E-state index in [1.165, 1.54) is 17.5 Å². The maximum absolute atomic E-state index is 12.0. The lowest BCUT2D eigenvalue weighted by atomic mass is 9.92. The van der Waals surface area contributed by atoms with Crippen molar-refractivity contribution < 1.29 is 9.90 Å². The van der Waals surface area contributed by atoms with E-state index in [4.69, 9.17) is 0 Å². The molecule has 2 aliphatic rings. The van der Waals surface area contributed by atoms with E-state index in [1.54, 1.807) is 0 Å². The Balaban J connectivity index is 1.61. The number of fused-ring (bicyclic) bond motifs is 3. The molecule has 0 spiro atoms. The number of carbonyl (C=O) groups excluding carboxylic acids is 1. The van der Waals surface area contributed by atoms with Gasteiger partial charge in [-0.05, 0) is 35.8 Å². The molecular formula is C17H23NO2. The number of aryl methyl sites for hydroxylation is 1. The van der Waals surface area contributed by atoms with Crippen molar-refractivity contribution in [3.8, 4) is 0 Å². The van der Waals surface area contributed by atoms with Gasteiger partial charge in [-0.3, -0.25) is 4.79 Å². The summed E-state index contributed by atoms with van der Waals surface area (Å²) in [6.07, 6.45) is 1.97. The van der Waals surface area contributed by atoms with Gasteiger partial charge in [0.2, 0.25) is 5.91 Å². The van der Waals surface area contributed by atoms with E-state index in [0.717, 1.165) is 6.42 Å². The Kier molecular flexibility index (Phi) is 3.55. The van der Waals surface area contributed by atoms with E-state index < -0.39 is 6.10 Å². The van der Waals surface area contributed by atoms with Crippen molar-refractivity contribution in [2.45, 2.75) is 51.2 Å². The van der Waals surface area contributed by atoms with Gasteiger partial charge in [-0.15, -0.1) is 0 Å². The van der Waals surface area contributed by atoms with Crippen molar-refractivity contribution in [3.05, 3.63) is 35.4 Å². The van der Waals surface area contributed by atoms with E-state index in [-0.39, 0.29) is 24.3 Å². The Morgan fingerprint density at radius 2 is 2.15 bits per heavy atom. The van der Waals surface area contributed by atoms with E-state index in [0.29, 0.717) is 11.8 Å². The minimum absolute atomic E-state index is 0.0110. The lowest BCUT2D eigenvalue weighted by Gasteiger charge is -2.14. The van der Waals surface area contributed by atoms with Gasteiger partial charge < -0.3 is 10.4 Å². The Hall–Kier alpha value is -1.35. The quantitative estimate of drug-likeness (QED) is 0.884. The maximum atomic E-state index is 12.0. The van der Waals surface area contributed by atoms with Gasteiger partial charge in [0.25, 0.3) is 0 Å². The molecule has 1 aromatic rings. The van der Waals surface area contributed by atoms with Crippen molar-refractivity contribution in [3.63, 3.8) is 0 Å². The van der Waals surface area contributed by atoms with Gasteiger partial charge in [0.15, 0.2) is 0 Å². The van der Waals surface area contributed by atoms with Crippen molar-refractivity contribution in [1.82, 2.24) is 5.32 Å². The van der Waals surface area contributed by atoms with Crippen LogP contribution in [0.15, 0.2) is 24.3 Å². The van der Waals surface area contributed by atoms with Gasteiger partial charge in [0.1, 0.15) is 0 Å². The number of hydrogen-bond donors (Lipinski definition) is 2. The van der Waals surface area contributed by atoms with Gasteiger partial charge in [-0.25, -0.2) is 0 Å². The molecule has 3 nitrogen and oxygen atoms in total. The molecule has 2 aliphatic carbocycles. The Bertz CT molecular complexity index is 511. The Morgan fingerprint density at radius 1 is 1.40 bits per heavy atom. The lowest BCUT2D eigenvalue weighted by Crippen LogP contribution is -2.32. The van der Waals surface area contributed by atoms with Gasteiger partial charge in [0, 0.05) is 12.0 Å². The number of aliphatic hydroxyl groups excluding tert-OH is 1. The van der Waals surface area contributed by atoms with Crippen LogP contribution in [0.4, 0.5) is 0 Å². The summed E-state index contributed by atoms with van der Waals surface area (Å²) in [5, 5.41) is 12.9. The van der Waals surface area contributed by atoms with Crippen LogP contribution in [0.25, 0.3) is 0 Å². The average Bonchev–Trinajstić information content (AvgIpc) is 3.12. The lowest BCUT2D eigenvalue weighted by molar-refractivity contribution is -0.123. The highest BCUT2D eigenvalue weighted by molar-refractivity contribution is 5.77. The first-order valence-corrected chi connectivity index (χ1v) is 7.63. The molecule has 4 atom stereocenters. The second kappa shape index (κ2) is 5.21. The molecule has 3 rings (SSSR count). The van der Waals surface area contributed by atoms with E-state index in [9.17, 15) is 9.90 Å². The van der Waals surface area contributed by atoms with Crippen LogP contribution in [0.2, 0.25) is 0 Å². The molecule has 108 valence electrons. The molecular weight excluding hydrogens is 250 g/mol. The summed E-state index contributed by atoms with van der Waals surface area (Å²) in [6, 6.07) is 8.85. The highest BCUT2D eigenvalue weighted by Gasteiger charge is 2.53. The number of hydrogen-bond acceptors (Lipinski definition) is 2. The van der Waals surface area contributed by atoms with Crippen LogP contribution in [-0.4, -0.2) is 23.2 Å². The molecule has 0 aromatic heterocycles. The third-order valence-electron chi connectivity index (χ3n) is 4.82. The van der Waals surface area contributed by atoms with Gasteiger partial charge in [0.05, 0.1) is 12.5 Å². The topological polar surface area (TPSA) is 49.3 Å². The van der Waals surface area contributed by atoms with Crippen LogP contribution in [0.1, 0.15) is 43.7 Å². The summed E-state index contributed by atoms with van der Waals surface area (Å²) in [5.41, 5.74) is 2.85. The minimum atomic E-state index is -0.539. The van der Waals surface area contributed by atoms with Crippen LogP contribution in [-0.2, 0) is 11.2 Å². The molecule has 1 saturated carbocycles. The summed E-state index contributed by atoms with van der Waals surface area (Å²) >= 11 is 0. The summed E-state index contributed by atoms with van der Waals surface area (Å²) in [5.74, 6) is 1.22. The smallest absolute Gasteiger partial charge is 0.222 e. The number of nitrogens with one attached hydrogen (secondary N) is 1. The molecule has 1 aromatic carbocycles. The van der Waals surface area contributed by atoms with Gasteiger partial charge in [-0.2, -0.15) is 0 Å². The average molecular weight is 273 g/mol. The molecule has 1 fully saturated rings. The fourth-order valence-electron chi connectivity index (χ4n) is 3.43. The fraction of sp³-hybridized carbons (Fsp3) is 0.588. The first kappa shape index (κ1) is 13.6. The SMILES string of the molecule is CC(C)C(O)CC(=O)NC1C2CCc3ccccc3C21. The summed E-state index contributed by atoms with van der Waals surface area (Å²) in [6.45, 7) is 3.87. The number of benzene rings is 1. The molecule has 4 unspecified atom stereocenters. The molecule has 0 bridgehead atoms. The highest BCUT2D eigenvalue weighted by Crippen LogP contribution is 2.54. The second-order valence-electron chi connectivity index (χ2n) is 6.54.